The molecule has 0 aliphatic carbocycles. The summed E-state index contributed by atoms with van der Waals surface area (Å²) in [7, 11) is 2.14. The number of rotatable bonds is 6. The Hall–Kier alpha value is -2.71. The minimum absolute atomic E-state index is 0.930. The Morgan fingerprint density at radius 1 is 0.875 bits per heavy atom. The zero-order chi connectivity index (χ0) is 16.6. The summed E-state index contributed by atoms with van der Waals surface area (Å²) in [4.78, 5) is 6.48. The molecule has 2 nitrogen and oxygen atoms in total. The van der Waals surface area contributed by atoms with Crippen LogP contribution in [0.25, 0.3) is 17.2 Å². The Balaban J connectivity index is 1.55. The molecule has 1 aromatic heterocycles. The van der Waals surface area contributed by atoms with Gasteiger partial charge in [0.25, 0.3) is 0 Å². The molecule has 0 aliphatic rings. The number of hydrogen-bond acceptors (Lipinski definition) is 2. The van der Waals surface area contributed by atoms with Crippen LogP contribution in [0.1, 0.15) is 11.1 Å². The van der Waals surface area contributed by atoms with Crippen molar-refractivity contribution in [1.82, 2.24) is 9.88 Å². The second-order valence-corrected chi connectivity index (χ2v) is 5.95. The molecular formula is C22H22N2. The lowest BCUT2D eigenvalue weighted by atomic mass is 10.1. The van der Waals surface area contributed by atoms with Gasteiger partial charge >= 0.3 is 0 Å². The molecule has 0 radical (unpaired) electrons. The van der Waals surface area contributed by atoms with Crippen LogP contribution in [0.3, 0.4) is 0 Å². The Morgan fingerprint density at radius 3 is 2.38 bits per heavy atom. The molecule has 0 spiro atoms. The van der Waals surface area contributed by atoms with Gasteiger partial charge in [-0.25, -0.2) is 0 Å². The maximum absolute atomic E-state index is 4.17. The fraction of sp³-hybridized carbons (Fsp3) is 0.136. The van der Waals surface area contributed by atoms with Crippen molar-refractivity contribution in [3.05, 3.63) is 96.3 Å². The van der Waals surface area contributed by atoms with Crippen LogP contribution in [0.5, 0.6) is 0 Å². The first-order valence-corrected chi connectivity index (χ1v) is 8.21. The largest absolute Gasteiger partial charge is 0.298 e. The lowest BCUT2D eigenvalue weighted by Gasteiger charge is -2.14. The number of nitrogens with zero attached hydrogens (tertiary/aromatic N) is 2. The molecule has 24 heavy (non-hydrogen) atoms. The van der Waals surface area contributed by atoms with E-state index in [4.69, 9.17) is 0 Å². The van der Waals surface area contributed by atoms with Crippen LogP contribution in [0.2, 0.25) is 0 Å². The summed E-state index contributed by atoms with van der Waals surface area (Å²) in [5.74, 6) is 0. The van der Waals surface area contributed by atoms with Crippen LogP contribution in [0.4, 0.5) is 0 Å². The third kappa shape index (κ3) is 4.64. The number of aromatic nitrogens is 1. The van der Waals surface area contributed by atoms with Gasteiger partial charge in [0.05, 0.1) is 0 Å². The summed E-state index contributed by atoms with van der Waals surface area (Å²) in [6.07, 6.45) is 8.08. The van der Waals surface area contributed by atoms with Crippen molar-refractivity contribution in [3.8, 4) is 11.1 Å². The molecule has 0 aliphatic heterocycles. The molecule has 2 heteroatoms. The van der Waals surface area contributed by atoms with Crippen LogP contribution < -0.4 is 0 Å². The SMILES string of the molecule is CN(C/C=C/c1ccccc1)Cc1ccc(-c2cccnc2)cc1. The van der Waals surface area contributed by atoms with E-state index in [0.717, 1.165) is 18.7 Å². The van der Waals surface area contributed by atoms with Crippen molar-refractivity contribution < 1.29 is 0 Å². The van der Waals surface area contributed by atoms with Crippen molar-refractivity contribution >= 4 is 6.08 Å². The van der Waals surface area contributed by atoms with Crippen molar-refractivity contribution in [3.63, 3.8) is 0 Å². The van der Waals surface area contributed by atoms with Crippen LogP contribution in [-0.4, -0.2) is 23.5 Å². The lowest BCUT2D eigenvalue weighted by Crippen LogP contribution is -2.17. The average Bonchev–Trinajstić information content (AvgIpc) is 2.64. The van der Waals surface area contributed by atoms with E-state index < -0.39 is 0 Å². The summed E-state index contributed by atoms with van der Waals surface area (Å²) < 4.78 is 0. The molecule has 0 bridgehead atoms. The van der Waals surface area contributed by atoms with E-state index in [2.05, 4.69) is 83.7 Å². The minimum atomic E-state index is 0.930. The highest BCUT2D eigenvalue weighted by Crippen LogP contribution is 2.18. The van der Waals surface area contributed by atoms with E-state index in [1.54, 1.807) is 6.20 Å². The second-order valence-electron chi connectivity index (χ2n) is 5.95. The Morgan fingerprint density at radius 2 is 1.67 bits per heavy atom. The molecule has 0 fully saturated rings. The number of likely N-dealkylation sites (N-methyl/N-ethyl adjacent to an activating group) is 1. The Labute approximate surface area is 144 Å². The van der Waals surface area contributed by atoms with Gasteiger partial charge in [-0.15, -0.1) is 0 Å². The molecule has 120 valence electrons. The highest BCUT2D eigenvalue weighted by molar-refractivity contribution is 5.62. The minimum Gasteiger partial charge on any atom is -0.298 e. The molecule has 0 unspecified atom stereocenters. The van der Waals surface area contributed by atoms with Gasteiger partial charge in [0.15, 0.2) is 0 Å². The van der Waals surface area contributed by atoms with Gasteiger partial charge in [-0.2, -0.15) is 0 Å². The van der Waals surface area contributed by atoms with E-state index in [-0.39, 0.29) is 0 Å². The Bertz CT molecular complexity index is 762. The van der Waals surface area contributed by atoms with Crippen molar-refractivity contribution in [2.45, 2.75) is 6.54 Å². The molecule has 3 rings (SSSR count). The molecule has 0 amide bonds. The average molecular weight is 314 g/mol. The summed E-state index contributed by atoms with van der Waals surface area (Å²) in [6, 6.07) is 23.2. The maximum atomic E-state index is 4.17. The van der Waals surface area contributed by atoms with Crippen LogP contribution in [0, 0.1) is 0 Å². The van der Waals surface area contributed by atoms with Crippen molar-refractivity contribution in [2.24, 2.45) is 0 Å². The Kier molecular flexibility index (Phi) is 5.54. The molecule has 0 atom stereocenters. The van der Waals surface area contributed by atoms with Gasteiger partial charge in [-0.1, -0.05) is 72.8 Å². The van der Waals surface area contributed by atoms with Crippen molar-refractivity contribution in [1.29, 1.82) is 0 Å². The van der Waals surface area contributed by atoms with Crippen molar-refractivity contribution in [2.75, 3.05) is 13.6 Å². The van der Waals surface area contributed by atoms with E-state index in [9.17, 15) is 0 Å². The quantitative estimate of drug-likeness (QED) is 0.644. The second kappa shape index (κ2) is 8.23. The maximum Gasteiger partial charge on any atom is 0.0346 e. The van der Waals surface area contributed by atoms with Gasteiger partial charge < -0.3 is 0 Å². The first-order chi connectivity index (χ1) is 11.8. The normalized spacial score (nSPS) is 11.2. The first-order valence-electron chi connectivity index (χ1n) is 8.21. The fourth-order valence-corrected chi connectivity index (χ4v) is 2.65. The summed E-state index contributed by atoms with van der Waals surface area (Å²) in [5, 5.41) is 0. The predicted molar refractivity (Wildman–Crippen MR) is 101 cm³/mol. The number of benzene rings is 2. The van der Waals surface area contributed by atoms with Crippen LogP contribution >= 0.6 is 0 Å². The smallest absolute Gasteiger partial charge is 0.0346 e. The lowest BCUT2D eigenvalue weighted by molar-refractivity contribution is 0.364. The third-order valence-electron chi connectivity index (χ3n) is 3.93. The highest BCUT2D eigenvalue weighted by Gasteiger charge is 2.01. The fourth-order valence-electron chi connectivity index (χ4n) is 2.65. The predicted octanol–water partition coefficient (Wildman–Crippen LogP) is 4.89. The zero-order valence-corrected chi connectivity index (χ0v) is 14.0. The van der Waals surface area contributed by atoms with Gasteiger partial charge in [0.1, 0.15) is 0 Å². The number of hydrogen-bond donors (Lipinski definition) is 0. The molecule has 1 heterocycles. The molecule has 2 aromatic carbocycles. The standard InChI is InChI=1S/C22H22N2/c1-24(16-6-9-19-7-3-2-4-8-19)18-20-11-13-21(14-12-20)22-10-5-15-23-17-22/h2-15,17H,16,18H2,1H3/b9-6+. The van der Waals surface area contributed by atoms with Gasteiger partial charge in [0, 0.05) is 25.5 Å². The molecule has 0 saturated carbocycles. The molecular weight excluding hydrogens is 292 g/mol. The topological polar surface area (TPSA) is 16.1 Å². The van der Waals surface area contributed by atoms with Gasteiger partial charge in [0.2, 0.25) is 0 Å². The van der Waals surface area contributed by atoms with Gasteiger partial charge in [-0.05, 0) is 35.4 Å². The van der Waals surface area contributed by atoms with Crippen LogP contribution in [0.15, 0.2) is 85.2 Å². The zero-order valence-electron chi connectivity index (χ0n) is 14.0. The number of pyridine rings is 1. The van der Waals surface area contributed by atoms with E-state index in [1.807, 2.05) is 18.3 Å². The molecule has 3 aromatic rings. The van der Waals surface area contributed by atoms with Gasteiger partial charge in [-0.3, -0.25) is 9.88 Å². The summed E-state index contributed by atoms with van der Waals surface area (Å²) >= 11 is 0. The third-order valence-corrected chi connectivity index (χ3v) is 3.93. The summed E-state index contributed by atoms with van der Waals surface area (Å²) in [5.41, 5.74) is 4.92. The van der Waals surface area contributed by atoms with Crippen LogP contribution in [-0.2, 0) is 6.54 Å². The summed E-state index contributed by atoms with van der Waals surface area (Å²) in [6.45, 7) is 1.87. The van der Waals surface area contributed by atoms with E-state index in [1.165, 1.54) is 16.7 Å². The monoisotopic (exact) mass is 314 g/mol. The molecule has 0 saturated heterocycles. The first kappa shape index (κ1) is 16.2. The van der Waals surface area contributed by atoms with E-state index >= 15 is 0 Å². The van der Waals surface area contributed by atoms with E-state index in [0.29, 0.717) is 0 Å². The highest BCUT2D eigenvalue weighted by atomic mass is 15.1. The molecule has 0 N–H and O–H groups in total.